The molecule has 0 spiro atoms. The molecule has 0 aliphatic carbocycles. The third-order valence-electron chi connectivity index (χ3n) is 2.83. The molecule has 0 radical (unpaired) electrons. The summed E-state index contributed by atoms with van der Waals surface area (Å²) < 4.78 is 10.3. The lowest BCUT2D eigenvalue weighted by Gasteiger charge is -2.09. The van der Waals surface area contributed by atoms with Crippen LogP contribution in [0, 0.1) is 0 Å². The van der Waals surface area contributed by atoms with Crippen molar-refractivity contribution in [2.24, 2.45) is 0 Å². The maximum Gasteiger partial charge on any atom is 0.339 e. The molecular weight excluding hydrogens is 288 g/mol. The quantitative estimate of drug-likeness (QED) is 0.542. The molecule has 0 bridgehead atoms. The van der Waals surface area contributed by atoms with Crippen LogP contribution in [0.25, 0.3) is 0 Å². The van der Waals surface area contributed by atoms with E-state index < -0.39 is 11.9 Å². The molecule has 0 amide bonds. The topological polar surface area (TPSA) is 52.6 Å². The second-order valence-electron chi connectivity index (χ2n) is 4.52. The summed E-state index contributed by atoms with van der Waals surface area (Å²) in [6.07, 6.45) is 3.53. The summed E-state index contributed by atoms with van der Waals surface area (Å²) in [5.41, 5.74) is 0.537. The van der Waals surface area contributed by atoms with E-state index in [0.717, 1.165) is 25.7 Å². The molecule has 1 aromatic rings. The van der Waals surface area contributed by atoms with E-state index in [9.17, 15) is 9.59 Å². The monoisotopic (exact) mass is 312 g/mol. The first-order valence-electron chi connectivity index (χ1n) is 7.14. The van der Waals surface area contributed by atoms with Crippen LogP contribution in [0.4, 0.5) is 0 Å². The number of hydrogen-bond acceptors (Lipinski definition) is 4. The lowest BCUT2D eigenvalue weighted by atomic mass is 10.1. The molecule has 1 rings (SSSR count). The average molecular weight is 312 g/mol. The van der Waals surface area contributed by atoms with Crippen LogP contribution < -0.4 is 0 Å². The molecule has 0 aliphatic heterocycles. The Morgan fingerprint density at radius 3 is 1.57 bits per heavy atom. The van der Waals surface area contributed by atoms with Crippen molar-refractivity contribution < 1.29 is 19.1 Å². The third kappa shape index (κ3) is 6.67. The first-order chi connectivity index (χ1) is 9.70. The molecule has 1 aromatic carbocycles. The van der Waals surface area contributed by atoms with Crippen molar-refractivity contribution in [3.63, 3.8) is 0 Å². The third-order valence-corrected chi connectivity index (χ3v) is 2.83. The number of hydrogen-bond donors (Lipinski definition) is 0. The summed E-state index contributed by atoms with van der Waals surface area (Å²) in [6, 6.07) is 6.59. The Labute approximate surface area is 133 Å². The average Bonchev–Trinajstić information content (AvgIpc) is 2.47. The highest BCUT2D eigenvalue weighted by Gasteiger charge is 2.18. The van der Waals surface area contributed by atoms with E-state index in [4.69, 9.17) is 9.47 Å². The molecule has 5 heteroatoms. The Balaban J connectivity index is 0.00000400. The Morgan fingerprint density at radius 1 is 0.857 bits per heavy atom. The van der Waals surface area contributed by atoms with E-state index >= 15 is 0 Å². The highest BCUT2D eigenvalue weighted by Crippen LogP contribution is 2.12. The molecule has 0 N–H and O–H groups in total. The second kappa shape index (κ2) is 11.2. The Bertz CT molecular complexity index is 405. The lowest BCUT2D eigenvalue weighted by molar-refractivity contribution is 0.0452. The molecule has 0 atom stereocenters. The zero-order chi connectivity index (χ0) is 14.8. The van der Waals surface area contributed by atoms with Crippen LogP contribution in [-0.4, -0.2) is 25.2 Å². The standard InChI is InChI=1S/C16H22O4.H2S/c1-3-5-11-19-15(17)13-9-7-8-10-14(13)16(18)20-12-6-4-2;/h7-10H,3-6,11-12H2,1-2H3;1H2. The molecule has 0 fully saturated rings. The summed E-state index contributed by atoms with van der Waals surface area (Å²) in [5.74, 6) is -0.942. The van der Waals surface area contributed by atoms with Crippen molar-refractivity contribution >= 4 is 25.4 Å². The maximum absolute atomic E-state index is 11.9. The number of esters is 2. The minimum absolute atomic E-state index is 0. The van der Waals surface area contributed by atoms with Gasteiger partial charge in [0.15, 0.2) is 0 Å². The number of benzene rings is 1. The Kier molecular flexibility index (Phi) is 10.4. The number of carbonyl (C=O) groups excluding carboxylic acids is 2. The SMILES string of the molecule is CCCCOC(=O)c1ccccc1C(=O)OCCCC.S. The van der Waals surface area contributed by atoms with Crippen molar-refractivity contribution in [2.75, 3.05) is 13.2 Å². The van der Waals surface area contributed by atoms with Crippen LogP contribution in [0.5, 0.6) is 0 Å². The number of carbonyl (C=O) groups is 2. The first-order valence-corrected chi connectivity index (χ1v) is 7.14. The van der Waals surface area contributed by atoms with E-state index in [1.165, 1.54) is 0 Å². The zero-order valence-corrected chi connectivity index (χ0v) is 13.7. The van der Waals surface area contributed by atoms with Gasteiger partial charge in [0, 0.05) is 0 Å². The fraction of sp³-hybridized carbons (Fsp3) is 0.500. The first kappa shape index (κ1) is 19.5. The van der Waals surface area contributed by atoms with E-state index in [-0.39, 0.29) is 24.6 Å². The van der Waals surface area contributed by atoms with Crippen molar-refractivity contribution in [3.8, 4) is 0 Å². The van der Waals surface area contributed by atoms with Crippen LogP contribution in [0.3, 0.4) is 0 Å². The predicted octanol–water partition coefficient (Wildman–Crippen LogP) is 3.71. The molecule has 0 aliphatic rings. The highest BCUT2D eigenvalue weighted by molar-refractivity contribution is 7.59. The molecular formula is C16H24O4S. The van der Waals surface area contributed by atoms with E-state index in [1.54, 1.807) is 24.3 Å². The summed E-state index contributed by atoms with van der Waals surface area (Å²) in [4.78, 5) is 23.9. The summed E-state index contributed by atoms with van der Waals surface area (Å²) in [5, 5.41) is 0. The normalized spacial score (nSPS) is 9.62. The second-order valence-corrected chi connectivity index (χ2v) is 4.52. The number of unbranched alkanes of at least 4 members (excludes halogenated alkanes) is 2. The van der Waals surface area contributed by atoms with Gasteiger partial charge in [-0.05, 0) is 25.0 Å². The van der Waals surface area contributed by atoms with E-state index in [2.05, 4.69) is 0 Å². The van der Waals surface area contributed by atoms with E-state index in [1.807, 2.05) is 13.8 Å². The van der Waals surface area contributed by atoms with Crippen molar-refractivity contribution in [3.05, 3.63) is 35.4 Å². The summed E-state index contributed by atoms with van der Waals surface area (Å²) >= 11 is 0. The van der Waals surface area contributed by atoms with Crippen LogP contribution in [-0.2, 0) is 9.47 Å². The molecule has 118 valence electrons. The van der Waals surface area contributed by atoms with Gasteiger partial charge in [0.05, 0.1) is 24.3 Å². The maximum atomic E-state index is 11.9. The van der Waals surface area contributed by atoms with Gasteiger partial charge in [-0.15, -0.1) is 0 Å². The van der Waals surface area contributed by atoms with Gasteiger partial charge < -0.3 is 9.47 Å². The summed E-state index contributed by atoms with van der Waals surface area (Å²) in [6.45, 7) is 4.78. The van der Waals surface area contributed by atoms with Gasteiger partial charge >= 0.3 is 11.9 Å². The fourth-order valence-corrected chi connectivity index (χ4v) is 1.61. The van der Waals surface area contributed by atoms with Crippen LogP contribution in [0.15, 0.2) is 24.3 Å². The largest absolute Gasteiger partial charge is 0.462 e. The van der Waals surface area contributed by atoms with Crippen molar-refractivity contribution in [1.82, 2.24) is 0 Å². The van der Waals surface area contributed by atoms with Crippen molar-refractivity contribution in [1.29, 1.82) is 0 Å². The number of ether oxygens (including phenoxy) is 2. The van der Waals surface area contributed by atoms with Crippen LogP contribution >= 0.6 is 13.5 Å². The van der Waals surface area contributed by atoms with E-state index in [0.29, 0.717) is 13.2 Å². The van der Waals surface area contributed by atoms with Gasteiger partial charge in [0.1, 0.15) is 0 Å². The van der Waals surface area contributed by atoms with Gasteiger partial charge in [0.25, 0.3) is 0 Å². The minimum atomic E-state index is -0.471. The zero-order valence-electron chi connectivity index (χ0n) is 12.7. The molecule has 0 heterocycles. The molecule has 0 unspecified atom stereocenters. The van der Waals surface area contributed by atoms with Gasteiger partial charge in [0.2, 0.25) is 0 Å². The highest BCUT2D eigenvalue weighted by atomic mass is 32.1. The fourth-order valence-electron chi connectivity index (χ4n) is 1.61. The van der Waals surface area contributed by atoms with Crippen LogP contribution in [0.1, 0.15) is 60.2 Å². The van der Waals surface area contributed by atoms with Gasteiger partial charge in [-0.3, -0.25) is 0 Å². The molecule has 21 heavy (non-hydrogen) atoms. The lowest BCUT2D eigenvalue weighted by Crippen LogP contribution is -2.14. The molecule has 4 nitrogen and oxygen atoms in total. The van der Waals surface area contributed by atoms with Gasteiger partial charge in [-0.2, -0.15) is 13.5 Å². The minimum Gasteiger partial charge on any atom is -0.462 e. The number of rotatable bonds is 8. The molecule has 0 saturated heterocycles. The Morgan fingerprint density at radius 2 is 1.24 bits per heavy atom. The van der Waals surface area contributed by atoms with Gasteiger partial charge in [-0.1, -0.05) is 38.8 Å². The molecule has 0 saturated carbocycles. The van der Waals surface area contributed by atoms with Crippen LogP contribution in [0.2, 0.25) is 0 Å². The van der Waals surface area contributed by atoms with Crippen molar-refractivity contribution in [2.45, 2.75) is 39.5 Å². The molecule has 0 aromatic heterocycles. The smallest absolute Gasteiger partial charge is 0.339 e. The van der Waals surface area contributed by atoms with Gasteiger partial charge in [-0.25, -0.2) is 9.59 Å². The Hall–Kier alpha value is -1.49. The predicted molar refractivity (Wildman–Crippen MR) is 87.2 cm³/mol. The summed E-state index contributed by atoms with van der Waals surface area (Å²) in [7, 11) is 0.